The maximum Gasteiger partial charge on any atom is 0.0339 e. The number of rotatable bonds is 8. The van der Waals surface area contributed by atoms with Gasteiger partial charge < -0.3 is 0 Å². The van der Waals surface area contributed by atoms with Crippen molar-refractivity contribution in [1.82, 2.24) is 0 Å². The molecular weight excluding hydrogens is 619 g/mol. The molecule has 0 fully saturated rings. The maximum atomic E-state index is 11.8. The maximum absolute atomic E-state index is 11.8. The predicted molar refractivity (Wildman–Crippen MR) is 177 cm³/mol. The Morgan fingerprint density at radius 3 is 0.905 bits per heavy atom. The van der Waals surface area contributed by atoms with Crippen molar-refractivity contribution in [2.24, 2.45) is 0 Å². The van der Waals surface area contributed by atoms with Gasteiger partial charge in [-0.25, -0.2) is 0 Å². The van der Waals surface area contributed by atoms with E-state index in [1.54, 1.807) is 0 Å². The van der Waals surface area contributed by atoms with Gasteiger partial charge in [-0.05, 0) is 16.7 Å². The Kier molecular flexibility index (Phi) is 10.0. The van der Waals surface area contributed by atoms with Crippen LogP contribution in [0.25, 0.3) is 0 Å². The second-order valence-corrected chi connectivity index (χ2v) is 21.4. The summed E-state index contributed by atoms with van der Waals surface area (Å²) in [4.78, 5) is 11.8. The van der Waals surface area contributed by atoms with Crippen LogP contribution >= 0.6 is 0 Å². The van der Waals surface area contributed by atoms with Crippen molar-refractivity contribution in [3.63, 3.8) is 0 Å². The quantitative estimate of drug-likeness (QED) is 0.141. The zero-order chi connectivity index (χ0) is 29.0. The first-order valence-corrected chi connectivity index (χ1v) is 20.5. The van der Waals surface area contributed by atoms with Crippen LogP contribution in [-0.4, -0.2) is 29.5 Å². The van der Waals surface area contributed by atoms with Crippen LogP contribution in [0, 0.1) is 0 Å². The molecule has 0 aliphatic rings. The van der Waals surface area contributed by atoms with E-state index in [9.17, 15) is 9.90 Å². The minimum absolute atomic E-state index is 0.215. The second-order valence-electron chi connectivity index (χ2n) is 10.2. The second kappa shape index (κ2) is 14.5. The molecule has 206 valence electrons. The molecular formula is C39H34O2Sn. The molecule has 0 aliphatic carbocycles. The van der Waals surface area contributed by atoms with E-state index < -0.39 is 24.3 Å². The molecule has 6 rings (SSSR count). The summed E-state index contributed by atoms with van der Waals surface area (Å²) in [5.74, 6) is -0.416. The number of carbonyl (C=O) groups is 1. The fourth-order valence-electron chi connectivity index (χ4n) is 5.71. The van der Waals surface area contributed by atoms with E-state index in [4.69, 9.17) is 0 Å². The molecule has 0 heterocycles. The Labute approximate surface area is 252 Å². The average Bonchev–Trinajstić information content (AvgIpc) is 3.07. The fourth-order valence-corrected chi connectivity index (χ4v) is 18.1. The first-order valence-electron chi connectivity index (χ1n) is 14.2. The number of carboxylic acid groups (broad SMARTS) is 1. The van der Waals surface area contributed by atoms with Gasteiger partial charge in [0.05, 0.1) is 0 Å². The van der Waals surface area contributed by atoms with Crippen LogP contribution in [0.5, 0.6) is 0 Å². The third-order valence-corrected chi connectivity index (χ3v) is 21.3. The van der Waals surface area contributed by atoms with Gasteiger partial charge in [-0.3, -0.25) is 0 Å². The summed E-state index contributed by atoms with van der Waals surface area (Å²) >= 11 is -3.55. The summed E-state index contributed by atoms with van der Waals surface area (Å²) in [5.41, 5.74) is 4.00. The molecule has 0 unspecified atom stereocenters. The third-order valence-electron chi connectivity index (χ3n) is 7.61. The van der Waals surface area contributed by atoms with Crippen LogP contribution in [0.15, 0.2) is 182 Å². The van der Waals surface area contributed by atoms with Crippen LogP contribution in [0.3, 0.4) is 0 Å². The fraction of sp³-hybridized carbons (Fsp3) is 0.0513. The van der Waals surface area contributed by atoms with Crippen LogP contribution < -0.4 is 10.7 Å². The molecule has 42 heavy (non-hydrogen) atoms. The molecule has 0 radical (unpaired) electrons. The molecule has 0 aliphatic heterocycles. The van der Waals surface area contributed by atoms with E-state index in [-0.39, 0.29) is 4.44 Å². The van der Waals surface area contributed by atoms with E-state index in [2.05, 4.69) is 127 Å². The van der Waals surface area contributed by atoms with Gasteiger partial charge in [0.1, 0.15) is 0 Å². The first kappa shape index (κ1) is 29.1. The first-order chi connectivity index (χ1) is 20.7. The molecule has 6 aromatic carbocycles. The van der Waals surface area contributed by atoms with Crippen molar-refractivity contribution in [2.75, 3.05) is 0 Å². The van der Waals surface area contributed by atoms with E-state index in [1.165, 1.54) is 27.4 Å². The van der Waals surface area contributed by atoms with Crippen molar-refractivity contribution in [3.05, 3.63) is 199 Å². The topological polar surface area (TPSA) is 37.3 Å². The van der Waals surface area contributed by atoms with Crippen molar-refractivity contribution >= 4 is 35.1 Å². The molecule has 0 aromatic heterocycles. The minimum atomic E-state index is -3.55. The van der Waals surface area contributed by atoms with Crippen molar-refractivity contribution in [1.29, 1.82) is 0 Å². The Bertz CT molecular complexity index is 1450. The van der Waals surface area contributed by atoms with Gasteiger partial charge in [0.15, 0.2) is 0 Å². The summed E-state index contributed by atoms with van der Waals surface area (Å²) < 4.78 is 3.80. The SMILES string of the molecule is O=C(O)[CH2][Sn]([c]1ccccc1)([c]1ccccc1)[c]1ccccc1.c1ccc(C(c2ccccc2)c2ccccc2)cc1. The summed E-state index contributed by atoms with van der Waals surface area (Å²) in [6.07, 6.45) is 0. The zero-order valence-corrected chi connectivity index (χ0v) is 26.3. The standard InChI is InChI=1S/C19H16.3C6H5.C2H3O2.Sn/c1-4-10-16(11-5-1)19(17-12-6-2-7-13-17)18-14-8-3-9-15-18;3*1-2-4-6-5-3-1;1-2(3)4;/h1-15,19H;3*1-5H;1H2,(H,3,4);. The Balaban J connectivity index is 0.000000171. The Hall–Kier alpha value is -4.41. The Morgan fingerprint density at radius 2 is 0.667 bits per heavy atom. The Morgan fingerprint density at radius 1 is 0.429 bits per heavy atom. The molecule has 1 N–H and O–H groups in total. The summed E-state index contributed by atoms with van der Waals surface area (Å²) in [6.45, 7) is 0. The molecule has 0 atom stereocenters. The molecule has 0 spiro atoms. The predicted octanol–water partition coefficient (Wildman–Crippen LogP) is 7.11. The molecule has 6 aromatic rings. The number of benzene rings is 6. The molecule has 0 bridgehead atoms. The monoisotopic (exact) mass is 654 g/mol. The number of aliphatic carboxylic acids is 1. The van der Waals surface area contributed by atoms with Gasteiger partial charge in [0, 0.05) is 5.92 Å². The van der Waals surface area contributed by atoms with Crippen molar-refractivity contribution in [2.45, 2.75) is 10.4 Å². The third kappa shape index (κ3) is 6.89. The van der Waals surface area contributed by atoms with Gasteiger partial charge in [-0.1, -0.05) is 91.0 Å². The normalized spacial score (nSPS) is 10.9. The summed E-state index contributed by atoms with van der Waals surface area (Å²) in [7, 11) is 0. The largest absolute Gasteiger partial charge is 0.0622 e. The van der Waals surface area contributed by atoms with Gasteiger partial charge in [-0.2, -0.15) is 0 Å². The van der Waals surface area contributed by atoms with E-state index in [0.717, 1.165) is 0 Å². The number of hydrogen-bond donors (Lipinski definition) is 1. The van der Waals surface area contributed by atoms with Crippen LogP contribution in [0.4, 0.5) is 0 Å². The average molecular weight is 653 g/mol. The van der Waals surface area contributed by atoms with E-state index >= 15 is 0 Å². The molecule has 3 heteroatoms. The molecule has 2 nitrogen and oxygen atoms in total. The number of carboxylic acids is 1. The minimum Gasteiger partial charge on any atom is -0.0622 e. The van der Waals surface area contributed by atoms with E-state index in [0.29, 0.717) is 5.92 Å². The molecule has 0 saturated carbocycles. The van der Waals surface area contributed by atoms with Gasteiger partial charge >= 0.3 is 140 Å². The van der Waals surface area contributed by atoms with Crippen molar-refractivity contribution in [3.8, 4) is 0 Å². The zero-order valence-electron chi connectivity index (χ0n) is 23.5. The summed E-state index contributed by atoms with van der Waals surface area (Å²) in [5, 5.41) is 9.69. The molecule has 0 saturated heterocycles. The van der Waals surface area contributed by atoms with Gasteiger partial charge in [0.2, 0.25) is 0 Å². The van der Waals surface area contributed by atoms with Crippen molar-refractivity contribution < 1.29 is 9.90 Å². The number of hydrogen-bond acceptors (Lipinski definition) is 1. The molecule has 0 amide bonds. The van der Waals surface area contributed by atoms with E-state index in [1.807, 2.05) is 54.6 Å². The summed E-state index contributed by atoms with van der Waals surface area (Å²) in [6, 6.07) is 62.6. The van der Waals surface area contributed by atoms with Gasteiger partial charge in [0.25, 0.3) is 0 Å². The van der Waals surface area contributed by atoms with Crippen LogP contribution in [0.1, 0.15) is 22.6 Å². The smallest absolute Gasteiger partial charge is 0.0339 e. The van der Waals surface area contributed by atoms with Gasteiger partial charge in [-0.15, -0.1) is 0 Å². The van der Waals surface area contributed by atoms with Crippen LogP contribution in [-0.2, 0) is 4.79 Å². The van der Waals surface area contributed by atoms with Crippen LogP contribution in [0.2, 0.25) is 4.44 Å².